The molecule has 8 heteroatoms. The van der Waals surface area contributed by atoms with Crippen molar-refractivity contribution in [3.8, 4) is 22.7 Å². The molecule has 0 amide bonds. The second kappa shape index (κ2) is 7.72. The van der Waals surface area contributed by atoms with E-state index in [1.165, 1.54) is 0 Å². The van der Waals surface area contributed by atoms with Gasteiger partial charge in [0, 0.05) is 23.2 Å². The Bertz CT molecular complexity index is 1250. The fourth-order valence-corrected chi connectivity index (χ4v) is 3.50. The Morgan fingerprint density at radius 2 is 1.90 bits per heavy atom. The molecule has 150 valence electrons. The Balaban J connectivity index is 1.58. The molecule has 1 N–H and O–H groups in total. The standard InChI is InChI=1S/C22H20N6OS/c1-29-19-11-9-15(10-12-19)20-17(14-27(26-20)18-5-3-2-4-6-18)13-23-28-21(16-7-8-16)24-25-22(28)30/h2-6,9-14,16H,7-8H2,1H3,(H,25,30)/b23-13-. The molecule has 1 aliphatic carbocycles. The summed E-state index contributed by atoms with van der Waals surface area (Å²) in [6, 6.07) is 17.8. The molecule has 7 nitrogen and oxygen atoms in total. The van der Waals surface area contributed by atoms with Crippen molar-refractivity contribution in [3.05, 3.63) is 77.0 Å². The maximum Gasteiger partial charge on any atom is 0.216 e. The first-order valence-electron chi connectivity index (χ1n) is 9.74. The number of hydrogen-bond acceptors (Lipinski definition) is 5. The summed E-state index contributed by atoms with van der Waals surface area (Å²) in [7, 11) is 1.66. The number of rotatable bonds is 6. The highest BCUT2D eigenvalue weighted by atomic mass is 32.1. The number of ether oxygens (including phenoxy) is 1. The lowest BCUT2D eigenvalue weighted by atomic mass is 10.1. The summed E-state index contributed by atoms with van der Waals surface area (Å²) in [4.78, 5) is 0. The molecule has 0 aliphatic heterocycles. The van der Waals surface area contributed by atoms with E-state index in [1.807, 2.05) is 65.5 Å². The summed E-state index contributed by atoms with van der Waals surface area (Å²) in [5.41, 5.74) is 3.66. The maximum atomic E-state index is 5.37. The molecule has 1 saturated carbocycles. The molecule has 30 heavy (non-hydrogen) atoms. The fraction of sp³-hybridized carbons (Fsp3) is 0.182. The Hall–Kier alpha value is -3.52. The van der Waals surface area contributed by atoms with Crippen molar-refractivity contribution in [2.75, 3.05) is 7.11 Å². The van der Waals surface area contributed by atoms with E-state index < -0.39 is 0 Å². The number of aromatic nitrogens is 5. The Morgan fingerprint density at radius 1 is 1.13 bits per heavy atom. The zero-order valence-corrected chi connectivity index (χ0v) is 17.2. The molecule has 4 aromatic rings. The molecular formula is C22H20N6OS. The molecule has 0 spiro atoms. The van der Waals surface area contributed by atoms with Gasteiger partial charge in [-0.05, 0) is 61.5 Å². The maximum absolute atomic E-state index is 5.37. The van der Waals surface area contributed by atoms with Crippen LogP contribution in [0.1, 0.15) is 30.1 Å². The van der Waals surface area contributed by atoms with Crippen LogP contribution < -0.4 is 4.74 Å². The summed E-state index contributed by atoms with van der Waals surface area (Å²) in [6.45, 7) is 0. The normalized spacial score (nSPS) is 13.8. The van der Waals surface area contributed by atoms with Gasteiger partial charge in [0.05, 0.1) is 19.0 Å². The minimum absolute atomic E-state index is 0.434. The summed E-state index contributed by atoms with van der Waals surface area (Å²) in [5, 5.41) is 16.7. The van der Waals surface area contributed by atoms with E-state index in [9.17, 15) is 0 Å². The quantitative estimate of drug-likeness (QED) is 0.369. The van der Waals surface area contributed by atoms with Crippen LogP contribution in [-0.2, 0) is 0 Å². The minimum atomic E-state index is 0.434. The topological polar surface area (TPSA) is 73.0 Å². The van der Waals surface area contributed by atoms with E-state index in [0.717, 1.165) is 46.9 Å². The van der Waals surface area contributed by atoms with Gasteiger partial charge in [-0.1, -0.05) is 18.2 Å². The molecule has 5 rings (SSSR count). The average molecular weight is 417 g/mol. The van der Waals surface area contributed by atoms with Gasteiger partial charge in [0.15, 0.2) is 5.82 Å². The van der Waals surface area contributed by atoms with E-state index in [4.69, 9.17) is 22.1 Å². The van der Waals surface area contributed by atoms with Crippen LogP contribution in [0, 0.1) is 4.77 Å². The third-order valence-corrected chi connectivity index (χ3v) is 5.32. The van der Waals surface area contributed by atoms with Gasteiger partial charge in [0.25, 0.3) is 0 Å². The molecule has 2 heterocycles. The van der Waals surface area contributed by atoms with Gasteiger partial charge in [-0.15, -0.1) is 0 Å². The first-order chi connectivity index (χ1) is 14.7. The molecule has 0 atom stereocenters. The van der Waals surface area contributed by atoms with Gasteiger partial charge >= 0.3 is 0 Å². The van der Waals surface area contributed by atoms with Gasteiger partial charge in [-0.2, -0.15) is 20.0 Å². The molecule has 1 fully saturated rings. The SMILES string of the molecule is COc1ccc(-c2nn(-c3ccccc3)cc2/C=N\n2c(C3CC3)n[nH]c2=S)cc1. The molecule has 2 aromatic heterocycles. The second-order valence-electron chi connectivity index (χ2n) is 7.16. The minimum Gasteiger partial charge on any atom is -0.497 e. The Morgan fingerprint density at radius 3 is 2.60 bits per heavy atom. The smallest absolute Gasteiger partial charge is 0.216 e. The summed E-state index contributed by atoms with van der Waals surface area (Å²) in [5.74, 6) is 2.12. The number of nitrogens with zero attached hydrogens (tertiary/aromatic N) is 5. The molecule has 0 bridgehead atoms. The van der Waals surface area contributed by atoms with Crippen molar-refractivity contribution < 1.29 is 4.74 Å². The third kappa shape index (κ3) is 3.57. The van der Waals surface area contributed by atoms with E-state index in [-0.39, 0.29) is 0 Å². The second-order valence-corrected chi connectivity index (χ2v) is 7.55. The molecule has 0 radical (unpaired) electrons. The molecule has 2 aromatic carbocycles. The van der Waals surface area contributed by atoms with E-state index in [2.05, 4.69) is 15.3 Å². The van der Waals surface area contributed by atoms with Crippen LogP contribution in [0.15, 0.2) is 65.9 Å². The fourth-order valence-electron chi connectivity index (χ4n) is 3.31. The first-order valence-corrected chi connectivity index (χ1v) is 10.1. The molecule has 1 aliphatic rings. The van der Waals surface area contributed by atoms with Crippen LogP contribution >= 0.6 is 12.2 Å². The van der Waals surface area contributed by atoms with E-state index >= 15 is 0 Å². The zero-order chi connectivity index (χ0) is 20.5. The number of benzene rings is 2. The van der Waals surface area contributed by atoms with Crippen LogP contribution in [0.2, 0.25) is 0 Å². The van der Waals surface area contributed by atoms with Gasteiger partial charge in [-0.3, -0.25) is 5.10 Å². The van der Waals surface area contributed by atoms with Gasteiger partial charge in [0.2, 0.25) is 4.77 Å². The number of aromatic amines is 1. The monoisotopic (exact) mass is 416 g/mol. The van der Waals surface area contributed by atoms with Crippen LogP contribution in [0.4, 0.5) is 0 Å². The van der Waals surface area contributed by atoms with Gasteiger partial charge < -0.3 is 4.74 Å². The molecule has 0 unspecified atom stereocenters. The number of hydrogen-bond donors (Lipinski definition) is 1. The van der Waals surface area contributed by atoms with Crippen molar-refractivity contribution >= 4 is 18.4 Å². The molecular weight excluding hydrogens is 396 g/mol. The average Bonchev–Trinajstić information content (AvgIpc) is 3.44. The van der Waals surface area contributed by atoms with E-state index in [1.54, 1.807) is 18.0 Å². The van der Waals surface area contributed by atoms with Crippen molar-refractivity contribution in [2.45, 2.75) is 18.8 Å². The van der Waals surface area contributed by atoms with Gasteiger partial charge in [0.1, 0.15) is 11.4 Å². The van der Waals surface area contributed by atoms with Crippen molar-refractivity contribution in [1.29, 1.82) is 0 Å². The first kappa shape index (κ1) is 18.5. The number of H-pyrrole nitrogens is 1. The predicted molar refractivity (Wildman–Crippen MR) is 118 cm³/mol. The predicted octanol–water partition coefficient (Wildman–Crippen LogP) is 4.56. The summed E-state index contributed by atoms with van der Waals surface area (Å²) >= 11 is 5.37. The van der Waals surface area contributed by atoms with Gasteiger partial charge in [-0.25, -0.2) is 4.68 Å². The number of para-hydroxylation sites is 1. The lowest BCUT2D eigenvalue weighted by Crippen LogP contribution is -1.97. The van der Waals surface area contributed by atoms with Crippen LogP contribution in [-0.4, -0.2) is 38.0 Å². The zero-order valence-electron chi connectivity index (χ0n) is 16.4. The highest BCUT2D eigenvalue weighted by molar-refractivity contribution is 7.71. The Labute approximate surface area is 178 Å². The van der Waals surface area contributed by atoms with Crippen LogP contribution in [0.25, 0.3) is 16.9 Å². The summed E-state index contributed by atoms with van der Waals surface area (Å²) in [6.07, 6.45) is 6.01. The van der Waals surface area contributed by atoms with Crippen molar-refractivity contribution in [3.63, 3.8) is 0 Å². The Kier molecular flexibility index (Phi) is 4.76. The number of nitrogens with one attached hydrogen (secondary N) is 1. The molecule has 0 saturated heterocycles. The van der Waals surface area contributed by atoms with E-state index in [0.29, 0.717) is 10.7 Å². The van der Waals surface area contributed by atoms with Crippen LogP contribution in [0.3, 0.4) is 0 Å². The highest BCUT2D eigenvalue weighted by Gasteiger charge is 2.29. The lowest BCUT2D eigenvalue weighted by molar-refractivity contribution is 0.415. The lowest BCUT2D eigenvalue weighted by Gasteiger charge is -2.03. The third-order valence-electron chi connectivity index (χ3n) is 5.06. The highest BCUT2D eigenvalue weighted by Crippen LogP contribution is 2.38. The van der Waals surface area contributed by atoms with Crippen LogP contribution in [0.5, 0.6) is 5.75 Å². The number of methoxy groups -OCH3 is 1. The van der Waals surface area contributed by atoms with Crippen molar-refractivity contribution in [2.24, 2.45) is 5.10 Å². The van der Waals surface area contributed by atoms with Crippen molar-refractivity contribution in [1.82, 2.24) is 24.7 Å². The largest absolute Gasteiger partial charge is 0.497 e. The summed E-state index contributed by atoms with van der Waals surface area (Å²) < 4.78 is 9.35.